The quantitative estimate of drug-likeness (QED) is 0.684. The molecule has 7 nitrogen and oxygen atoms in total. The fraction of sp³-hybridized carbons (Fsp3) is 0.500. The van der Waals surface area contributed by atoms with Crippen LogP contribution in [0.2, 0.25) is 0 Å². The Bertz CT molecular complexity index is 540. The molecule has 0 aromatic rings. The first-order valence-electron chi connectivity index (χ1n) is 6.54. The lowest BCUT2D eigenvalue weighted by Crippen LogP contribution is -2.42. The van der Waals surface area contributed by atoms with Gasteiger partial charge in [0.2, 0.25) is 11.7 Å². The molecule has 2 rings (SSSR count). The smallest absolute Gasteiger partial charge is 0.221 e. The maximum Gasteiger partial charge on any atom is 0.221 e. The van der Waals surface area contributed by atoms with E-state index in [0.717, 1.165) is 12.2 Å². The second-order valence-electron chi connectivity index (χ2n) is 5.20. The lowest BCUT2D eigenvalue weighted by Gasteiger charge is -2.30. The number of carbonyl (C=O) groups excluding carboxylic acids is 3. The van der Waals surface area contributed by atoms with Gasteiger partial charge in [-0.25, -0.2) is 0 Å². The second kappa shape index (κ2) is 5.88. The van der Waals surface area contributed by atoms with Gasteiger partial charge in [0.25, 0.3) is 0 Å². The zero-order valence-electron chi connectivity index (χ0n) is 11.8. The highest BCUT2D eigenvalue weighted by atomic mass is 16.7. The van der Waals surface area contributed by atoms with Crippen LogP contribution in [0.3, 0.4) is 0 Å². The van der Waals surface area contributed by atoms with Gasteiger partial charge in [0.1, 0.15) is 5.60 Å². The van der Waals surface area contributed by atoms with Crippen molar-refractivity contribution >= 4 is 17.5 Å². The van der Waals surface area contributed by atoms with Crippen LogP contribution in [0, 0.1) is 0 Å². The molecule has 0 radical (unpaired) electrons. The molecule has 1 atom stereocenters. The van der Waals surface area contributed by atoms with Crippen molar-refractivity contribution in [2.45, 2.75) is 32.2 Å². The number of carbonyl (C=O) groups is 3. The Balaban J connectivity index is 2.29. The number of allylic oxidation sites excluding steroid dienone is 2. The van der Waals surface area contributed by atoms with Crippen molar-refractivity contribution in [3.8, 4) is 0 Å². The van der Waals surface area contributed by atoms with Crippen molar-refractivity contribution in [2.24, 2.45) is 0 Å². The SMILES string of the molecule is CC(=O)NC1=C(CC(C)(O)C2OCCO2)C(=O)C=CC1=O. The molecule has 1 saturated heterocycles. The molecule has 1 heterocycles. The Morgan fingerprint density at radius 2 is 1.90 bits per heavy atom. The van der Waals surface area contributed by atoms with E-state index >= 15 is 0 Å². The Morgan fingerprint density at radius 1 is 1.33 bits per heavy atom. The summed E-state index contributed by atoms with van der Waals surface area (Å²) in [7, 11) is 0. The van der Waals surface area contributed by atoms with Crippen LogP contribution in [0.4, 0.5) is 0 Å². The number of ether oxygens (including phenoxy) is 2. The molecule has 0 bridgehead atoms. The second-order valence-corrected chi connectivity index (χ2v) is 5.20. The Kier molecular flexibility index (Phi) is 4.36. The Labute approximate surface area is 121 Å². The number of hydrogen-bond acceptors (Lipinski definition) is 6. The fourth-order valence-corrected chi connectivity index (χ4v) is 2.25. The Morgan fingerprint density at radius 3 is 2.48 bits per heavy atom. The van der Waals surface area contributed by atoms with Gasteiger partial charge in [-0.3, -0.25) is 14.4 Å². The number of aliphatic hydroxyl groups is 1. The van der Waals surface area contributed by atoms with Crippen LogP contribution in [-0.2, 0) is 23.9 Å². The van der Waals surface area contributed by atoms with Gasteiger partial charge in [-0.2, -0.15) is 0 Å². The number of ketones is 2. The number of nitrogens with one attached hydrogen (secondary N) is 1. The van der Waals surface area contributed by atoms with E-state index in [4.69, 9.17) is 9.47 Å². The average molecular weight is 295 g/mol. The van der Waals surface area contributed by atoms with E-state index in [-0.39, 0.29) is 17.7 Å². The molecule has 1 aliphatic carbocycles. The van der Waals surface area contributed by atoms with Crippen LogP contribution in [-0.4, -0.2) is 47.7 Å². The molecule has 0 saturated carbocycles. The number of rotatable bonds is 4. The van der Waals surface area contributed by atoms with Crippen LogP contribution in [0.25, 0.3) is 0 Å². The standard InChI is InChI=1S/C14H17NO6/c1-8(16)15-12-9(10(17)3-4-11(12)18)7-14(2,19)13-20-5-6-21-13/h3-4,13,19H,5-7H2,1-2H3,(H,15,16). The highest BCUT2D eigenvalue weighted by Gasteiger charge is 2.40. The molecule has 7 heteroatoms. The maximum absolute atomic E-state index is 12.0. The molecular formula is C14H17NO6. The minimum absolute atomic E-state index is 0.0433. The molecule has 0 aromatic carbocycles. The summed E-state index contributed by atoms with van der Waals surface area (Å²) in [4.78, 5) is 35.0. The lowest BCUT2D eigenvalue weighted by atomic mass is 9.88. The van der Waals surface area contributed by atoms with E-state index < -0.39 is 29.4 Å². The van der Waals surface area contributed by atoms with E-state index in [9.17, 15) is 19.5 Å². The van der Waals surface area contributed by atoms with Gasteiger partial charge in [0.05, 0.1) is 18.9 Å². The molecule has 1 unspecified atom stereocenters. The fourth-order valence-electron chi connectivity index (χ4n) is 2.25. The number of hydrogen-bond donors (Lipinski definition) is 2. The minimum atomic E-state index is -1.49. The molecule has 114 valence electrons. The molecule has 2 N–H and O–H groups in total. The molecule has 1 amide bonds. The average Bonchev–Trinajstić information content (AvgIpc) is 2.92. The van der Waals surface area contributed by atoms with Gasteiger partial charge in [0.15, 0.2) is 12.1 Å². The van der Waals surface area contributed by atoms with Gasteiger partial charge in [-0.15, -0.1) is 0 Å². The van der Waals surface area contributed by atoms with Crippen molar-refractivity contribution in [1.29, 1.82) is 0 Å². The van der Waals surface area contributed by atoms with Gasteiger partial charge in [-0.05, 0) is 19.1 Å². The van der Waals surface area contributed by atoms with Crippen molar-refractivity contribution in [3.63, 3.8) is 0 Å². The summed E-state index contributed by atoms with van der Waals surface area (Å²) in [5.41, 5.74) is -1.55. The third-order valence-corrected chi connectivity index (χ3v) is 3.20. The summed E-state index contributed by atoms with van der Waals surface area (Å²) < 4.78 is 10.5. The van der Waals surface area contributed by atoms with Crippen LogP contribution < -0.4 is 5.32 Å². The monoisotopic (exact) mass is 295 g/mol. The van der Waals surface area contributed by atoms with Crippen molar-refractivity contribution in [2.75, 3.05) is 13.2 Å². The molecule has 2 aliphatic rings. The maximum atomic E-state index is 12.0. The normalized spacial score (nSPS) is 22.6. The Hall–Kier alpha value is -1.83. The zero-order valence-corrected chi connectivity index (χ0v) is 11.8. The zero-order chi connectivity index (χ0) is 15.6. The first kappa shape index (κ1) is 15.6. The summed E-state index contributed by atoms with van der Waals surface area (Å²) in [5.74, 6) is -1.38. The highest BCUT2D eigenvalue weighted by Crippen LogP contribution is 2.29. The van der Waals surface area contributed by atoms with Gasteiger partial charge in [-0.1, -0.05) is 0 Å². The molecule has 1 aliphatic heterocycles. The third kappa shape index (κ3) is 3.44. The highest BCUT2D eigenvalue weighted by molar-refractivity contribution is 6.20. The van der Waals surface area contributed by atoms with Crippen molar-refractivity contribution in [3.05, 3.63) is 23.4 Å². The van der Waals surface area contributed by atoms with Crippen molar-refractivity contribution < 1.29 is 29.0 Å². The summed E-state index contributed by atoms with van der Waals surface area (Å²) in [6.07, 6.45) is 1.17. The largest absolute Gasteiger partial charge is 0.385 e. The van der Waals surface area contributed by atoms with E-state index in [1.165, 1.54) is 13.8 Å². The van der Waals surface area contributed by atoms with Gasteiger partial charge < -0.3 is 19.9 Å². The molecule has 0 spiro atoms. The van der Waals surface area contributed by atoms with E-state index in [1.807, 2.05) is 0 Å². The van der Waals surface area contributed by atoms with E-state index in [2.05, 4.69) is 5.32 Å². The molecule has 0 aromatic heterocycles. The van der Waals surface area contributed by atoms with E-state index in [0.29, 0.717) is 13.2 Å². The first-order valence-corrected chi connectivity index (χ1v) is 6.54. The topological polar surface area (TPSA) is 102 Å². The van der Waals surface area contributed by atoms with Crippen LogP contribution in [0.1, 0.15) is 20.3 Å². The summed E-state index contributed by atoms with van der Waals surface area (Å²) in [5, 5.41) is 12.8. The van der Waals surface area contributed by atoms with Gasteiger partial charge in [0, 0.05) is 18.9 Å². The predicted molar refractivity (Wildman–Crippen MR) is 70.9 cm³/mol. The van der Waals surface area contributed by atoms with Crippen molar-refractivity contribution in [1.82, 2.24) is 5.32 Å². The molecular weight excluding hydrogens is 278 g/mol. The lowest BCUT2D eigenvalue weighted by molar-refractivity contribution is -0.172. The predicted octanol–water partition coefficient (Wildman–Crippen LogP) is -0.401. The summed E-state index contributed by atoms with van der Waals surface area (Å²) >= 11 is 0. The van der Waals surface area contributed by atoms with Gasteiger partial charge >= 0.3 is 0 Å². The molecule has 21 heavy (non-hydrogen) atoms. The minimum Gasteiger partial charge on any atom is -0.385 e. The van der Waals surface area contributed by atoms with Crippen LogP contribution >= 0.6 is 0 Å². The van der Waals surface area contributed by atoms with Crippen LogP contribution in [0.15, 0.2) is 23.4 Å². The third-order valence-electron chi connectivity index (χ3n) is 3.20. The summed E-state index contributed by atoms with van der Waals surface area (Å²) in [6.45, 7) is 3.40. The summed E-state index contributed by atoms with van der Waals surface area (Å²) in [6, 6.07) is 0. The number of amides is 1. The van der Waals surface area contributed by atoms with Crippen LogP contribution in [0.5, 0.6) is 0 Å². The first-order chi connectivity index (χ1) is 9.81. The van der Waals surface area contributed by atoms with E-state index in [1.54, 1.807) is 0 Å². The molecule has 1 fully saturated rings.